The summed E-state index contributed by atoms with van der Waals surface area (Å²) in [4.78, 5) is 37.8. The normalized spacial score (nSPS) is 17.6. The van der Waals surface area contributed by atoms with Gasteiger partial charge in [-0.25, -0.2) is 24.8 Å². The van der Waals surface area contributed by atoms with Gasteiger partial charge in [-0.15, -0.1) is 0 Å². The molecule has 0 saturated heterocycles. The summed E-state index contributed by atoms with van der Waals surface area (Å²) in [6, 6.07) is 0. The summed E-state index contributed by atoms with van der Waals surface area (Å²) in [6.07, 6.45) is 5.88. The molecule has 2 aromatic rings. The van der Waals surface area contributed by atoms with Crippen molar-refractivity contribution >= 4 is 36.4 Å². The quantitative estimate of drug-likeness (QED) is 0.182. The molecule has 3 atom stereocenters. The van der Waals surface area contributed by atoms with Gasteiger partial charge < -0.3 is 29.0 Å². The molecule has 39 heavy (non-hydrogen) atoms. The van der Waals surface area contributed by atoms with Crippen LogP contribution in [0.25, 0.3) is 11.2 Å². The number of nitrogen functional groups attached to an aromatic ring is 1. The number of hydrogen-bond acceptors (Lipinski definition) is 11. The van der Waals surface area contributed by atoms with E-state index in [1.807, 2.05) is 6.92 Å². The van der Waals surface area contributed by atoms with Crippen molar-refractivity contribution in [2.24, 2.45) is 0 Å². The SMILES string of the molecule is CCCCOC(=O)C(C)(C)NP(=O)(CO[C@H](C)Cn1cnc2c(N)ncnc21)O[C@@H](C)C(=O)OC1CCCC1. The van der Waals surface area contributed by atoms with Crippen molar-refractivity contribution in [1.29, 1.82) is 0 Å². The van der Waals surface area contributed by atoms with E-state index in [9.17, 15) is 14.2 Å². The molecule has 0 spiro atoms. The topological polar surface area (TPSA) is 170 Å². The molecule has 3 rings (SSSR count). The summed E-state index contributed by atoms with van der Waals surface area (Å²) in [6.45, 7) is 8.89. The van der Waals surface area contributed by atoms with Crippen molar-refractivity contribution in [3.05, 3.63) is 12.7 Å². The summed E-state index contributed by atoms with van der Waals surface area (Å²) in [7, 11) is -3.93. The Hall–Kier alpha value is -2.60. The predicted molar refractivity (Wildman–Crippen MR) is 145 cm³/mol. The van der Waals surface area contributed by atoms with Gasteiger partial charge in [0.2, 0.25) is 0 Å². The molecule has 1 unspecified atom stereocenters. The third-order valence-electron chi connectivity index (χ3n) is 6.35. The Morgan fingerprint density at radius 3 is 2.64 bits per heavy atom. The number of carbonyl (C=O) groups excluding carboxylic acids is 2. The first-order valence-electron chi connectivity index (χ1n) is 13.4. The summed E-state index contributed by atoms with van der Waals surface area (Å²) >= 11 is 0. The lowest BCUT2D eigenvalue weighted by atomic mass is 10.1. The minimum absolute atomic E-state index is 0.167. The van der Waals surface area contributed by atoms with Gasteiger partial charge in [0.1, 0.15) is 29.8 Å². The van der Waals surface area contributed by atoms with Gasteiger partial charge >= 0.3 is 11.9 Å². The number of unbranched alkanes of at least 4 members (excludes halogenated alkanes) is 1. The minimum Gasteiger partial charge on any atom is -0.464 e. The number of esters is 2. The molecule has 1 saturated carbocycles. The van der Waals surface area contributed by atoms with Crippen LogP contribution >= 0.6 is 7.52 Å². The third-order valence-corrected chi connectivity index (χ3v) is 8.39. The van der Waals surface area contributed by atoms with Crippen LogP contribution in [-0.4, -0.2) is 68.3 Å². The molecule has 2 aromatic heterocycles. The second kappa shape index (κ2) is 13.6. The van der Waals surface area contributed by atoms with Gasteiger partial charge in [-0.1, -0.05) is 13.3 Å². The van der Waals surface area contributed by atoms with E-state index in [1.165, 1.54) is 13.3 Å². The number of anilines is 1. The minimum atomic E-state index is -3.93. The van der Waals surface area contributed by atoms with Gasteiger partial charge in [-0.3, -0.25) is 9.36 Å². The van der Waals surface area contributed by atoms with E-state index in [0.29, 0.717) is 24.1 Å². The van der Waals surface area contributed by atoms with Crippen LogP contribution in [0, 0.1) is 0 Å². The van der Waals surface area contributed by atoms with Crippen LogP contribution in [0.2, 0.25) is 0 Å². The molecule has 0 aliphatic heterocycles. The number of imidazole rings is 1. The van der Waals surface area contributed by atoms with Gasteiger partial charge in [0, 0.05) is 0 Å². The Bertz CT molecular complexity index is 1170. The molecule has 0 aromatic carbocycles. The molecular weight excluding hydrogens is 527 g/mol. The second-order valence-corrected chi connectivity index (χ2v) is 12.5. The Morgan fingerprint density at radius 1 is 1.23 bits per heavy atom. The number of aromatic nitrogens is 4. The molecule has 218 valence electrons. The highest BCUT2D eigenvalue weighted by molar-refractivity contribution is 7.56. The van der Waals surface area contributed by atoms with E-state index >= 15 is 0 Å². The van der Waals surface area contributed by atoms with Crippen LogP contribution in [0.1, 0.15) is 73.1 Å². The first-order valence-corrected chi connectivity index (χ1v) is 15.2. The smallest absolute Gasteiger partial charge is 0.335 e. The zero-order valence-electron chi connectivity index (χ0n) is 23.4. The average molecular weight is 569 g/mol. The summed E-state index contributed by atoms with van der Waals surface area (Å²) in [5.74, 6) is -0.931. The van der Waals surface area contributed by atoms with Gasteiger partial charge in [0.05, 0.1) is 25.6 Å². The number of nitrogens with zero attached hydrogens (tertiary/aromatic N) is 4. The van der Waals surface area contributed by atoms with E-state index < -0.39 is 43.6 Å². The maximum atomic E-state index is 14.0. The van der Waals surface area contributed by atoms with E-state index in [1.54, 1.807) is 31.7 Å². The van der Waals surface area contributed by atoms with Gasteiger partial charge in [-0.2, -0.15) is 0 Å². The first kappa shape index (κ1) is 30.9. The van der Waals surface area contributed by atoms with Crippen molar-refractivity contribution in [1.82, 2.24) is 24.6 Å². The predicted octanol–water partition coefficient (Wildman–Crippen LogP) is 3.57. The summed E-state index contributed by atoms with van der Waals surface area (Å²) in [5, 5.41) is 2.80. The number of nitrogens with one attached hydrogen (secondary N) is 1. The lowest BCUT2D eigenvalue weighted by Gasteiger charge is -2.31. The van der Waals surface area contributed by atoms with E-state index in [-0.39, 0.29) is 18.5 Å². The molecule has 0 amide bonds. The maximum Gasteiger partial charge on any atom is 0.335 e. The molecule has 0 bridgehead atoms. The lowest BCUT2D eigenvalue weighted by Crippen LogP contribution is -2.47. The van der Waals surface area contributed by atoms with Crippen molar-refractivity contribution in [3.63, 3.8) is 0 Å². The molecule has 0 radical (unpaired) electrons. The van der Waals surface area contributed by atoms with Crippen LogP contribution < -0.4 is 10.8 Å². The van der Waals surface area contributed by atoms with E-state index in [2.05, 4.69) is 20.0 Å². The van der Waals surface area contributed by atoms with E-state index in [4.69, 9.17) is 24.5 Å². The molecule has 1 fully saturated rings. The molecule has 13 nitrogen and oxygen atoms in total. The van der Waals surface area contributed by atoms with Crippen LogP contribution in [-0.2, 0) is 39.4 Å². The molecule has 1 aliphatic carbocycles. The van der Waals surface area contributed by atoms with Gasteiger partial charge in [-0.05, 0) is 59.8 Å². The molecule has 1 aliphatic rings. The Morgan fingerprint density at radius 2 is 1.95 bits per heavy atom. The lowest BCUT2D eigenvalue weighted by molar-refractivity contribution is -0.156. The fraction of sp³-hybridized carbons (Fsp3) is 0.720. The van der Waals surface area contributed by atoms with Crippen LogP contribution in [0.5, 0.6) is 0 Å². The fourth-order valence-corrected chi connectivity index (χ4v) is 6.37. The van der Waals surface area contributed by atoms with Crippen molar-refractivity contribution < 1.29 is 32.9 Å². The number of ether oxygens (including phenoxy) is 3. The van der Waals surface area contributed by atoms with Crippen molar-refractivity contribution in [2.45, 2.75) is 104 Å². The molecular formula is C25H41N6O7P. The number of fused-ring (bicyclic) bond motifs is 1. The van der Waals surface area contributed by atoms with Crippen LogP contribution in [0.3, 0.4) is 0 Å². The zero-order chi connectivity index (χ0) is 28.6. The number of carbonyl (C=O) groups is 2. The zero-order valence-corrected chi connectivity index (χ0v) is 24.3. The second-order valence-electron chi connectivity index (χ2n) is 10.4. The van der Waals surface area contributed by atoms with Crippen molar-refractivity contribution in [3.8, 4) is 0 Å². The third kappa shape index (κ3) is 8.69. The highest BCUT2D eigenvalue weighted by atomic mass is 31.2. The summed E-state index contributed by atoms with van der Waals surface area (Å²) in [5.41, 5.74) is 5.50. The monoisotopic (exact) mass is 568 g/mol. The number of nitrogens with two attached hydrogens (primary N) is 1. The Kier molecular flexibility index (Phi) is 10.8. The summed E-state index contributed by atoms with van der Waals surface area (Å²) < 4.78 is 38.4. The molecule has 2 heterocycles. The van der Waals surface area contributed by atoms with Crippen LogP contribution in [0.15, 0.2) is 12.7 Å². The Balaban J connectivity index is 1.70. The van der Waals surface area contributed by atoms with Gasteiger partial charge in [0.25, 0.3) is 7.52 Å². The Labute approximate surface area is 229 Å². The van der Waals surface area contributed by atoms with Gasteiger partial charge in [0.15, 0.2) is 17.6 Å². The standard InChI is InChI=1S/C25H41N6O7P/c1-6-7-12-35-24(33)25(4,5)30-39(34,38-18(3)23(32)37-19-10-8-9-11-19)16-36-17(2)13-31-15-29-20-21(26)27-14-28-22(20)31/h14-15,17-19H,6-13,16H2,1-5H3,(H,30,34)(H2,26,27,28)/t17-,18+,39?/m1/s1. The highest BCUT2D eigenvalue weighted by Crippen LogP contribution is 2.46. The van der Waals surface area contributed by atoms with E-state index in [0.717, 1.165) is 32.1 Å². The van der Waals surface area contributed by atoms with Crippen LogP contribution in [0.4, 0.5) is 5.82 Å². The first-order chi connectivity index (χ1) is 18.4. The number of hydrogen-bond donors (Lipinski definition) is 2. The highest BCUT2D eigenvalue weighted by Gasteiger charge is 2.41. The molecule has 3 N–H and O–H groups in total. The van der Waals surface area contributed by atoms with Crippen molar-refractivity contribution in [2.75, 3.05) is 18.7 Å². The molecule has 14 heteroatoms. The fourth-order valence-electron chi connectivity index (χ4n) is 4.20. The average Bonchev–Trinajstić information content (AvgIpc) is 3.53. The maximum absolute atomic E-state index is 14.0. The largest absolute Gasteiger partial charge is 0.464 e. The number of rotatable bonds is 15.